The van der Waals surface area contributed by atoms with Crippen LogP contribution in [-0.4, -0.2) is 59.7 Å². The molecule has 1 atom stereocenters. The third-order valence-corrected chi connectivity index (χ3v) is 7.07. The van der Waals surface area contributed by atoms with Crippen LogP contribution >= 0.6 is 11.3 Å². The van der Waals surface area contributed by atoms with Crippen molar-refractivity contribution in [2.45, 2.75) is 51.0 Å². The Balaban J connectivity index is 1.40. The number of thiophene rings is 1. The second-order valence-electron chi connectivity index (χ2n) is 8.25. The molecule has 28 heavy (non-hydrogen) atoms. The van der Waals surface area contributed by atoms with Crippen LogP contribution in [0.25, 0.3) is 0 Å². The van der Waals surface area contributed by atoms with Crippen LogP contribution in [0.2, 0.25) is 0 Å². The Labute approximate surface area is 170 Å². The van der Waals surface area contributed by atoms with E-state index in [-0.39, 0.29) is 29.6 Å². The van der Waals surface area contributed by atoms with Gasteiger partial charge in [-0.1, -0.05) is 6.07 Å². The number of amides is 3. The monoisotopic (exact) mass is 403 g/mol. The van der Waals surface area contributed by atoms with Gasteiger partial charge in [-0.05, 0) is 62.3 Å². The van der Waals surface area contributed by atoms with E-state index in [4.69, 9.17) is 0 Å². The summed E-state index contributed by atoms with van der Waals surface area (Å²) in [7, 11) is 0. The summed E-state index contributed by atoms with van der Waals surface area (Å²) in [6.07, 6.45) is 6.64. The van der Waals surface area contributed by atoms with Crippen LogP contribution < -0.4 is 5.32 Å². The maximum absolute atomic E-state index is 13.2. The molecule has 1 aromatic rings. The zero-order chi connectivity index (χ0) is 19.5. The predicted octanol–water partition coefficient (Wildman–Crippen LogP) is 2.51. The number of hydrogen-bond donors (Lipinski definition) is 1. The Hall–Kier alpha value is -1.89. The molecule has 1 N–H and O–H groups in total. The average molecular weight is 404 g/mol. The van der Waals surface area contributed by atoms with Gasteiger partial charge in [-0.3, -0.25) is 14.4 Å². The SMILES string of the molecule is O=C(N[C@@H](C(=O)N1CCCCC1)C1CCN(C(=O)c2cccs2)CC1)C1CC1. The van der Waals surface area contributed by atoms with Crippen molar-refractivity contribution in [3.63, 3.8) is 0 Å². The molecule has 3 heterocycles. The van der Waals surface area contributed by atoms with Crippen molar-refractivity contribution in [2.75, 3.05) is 26.2 Å². The van der Waals surface area contributed by atoms with E-state index in [1.165, 1.54) is 17.8 Å². The molecule has 1 saturated carbocycles. The molecule has 3 fully saturated rings. The molecule has 6 nitrogen and oxygen atoms in total. The molecule has 1 aliphatic carbocycles. The lowest BCUT2D eigenvalue weighted by Gasteiger charge is -2.38. The minimum absolute atomic E-state index is 0.0347. The first-order valence-electron chi connectivity index (χ1n) is 10.6. The fourth-order valence-corrected chi connectivity index (χ4v) is 4.99. The second kappa shape index (κ2) is 8.64. The van der Waals surface area contributed by atoms with Crippen LogP contribution in [-0.2, 0) is 9.59 Å². The Bertz CT molecular complexity index is 702. The van der Waals surface area contributed by atoms with Crippen LogP contribution in [0.15, 0.2) is 17.5 Å². The van der Waals surface area contributed by atoms with Crippen molar-refractivity contribution in [3.8, 4) is 0 Å². The molecule has 152 valence electrons. The maximum atomic E-state index is 13.2. The molecule has 3 amide bonds. The number of nitrogens with one attached hydrogen (secondary N) is 1. The molecular weight excluding hydrogens is 374 g/mol. The molecule has 4 rings (SSSR count). The number of likely N-dealkylation sites (tertiary alicyclic amines) is 2. The van der Waals surface area contributed by atoms with E-state index in [0.29, 0.717) is 13.1 Å². The van der Waals surface area contributed by atoms with Crippen molar-refractivity contribution in [3.05, 3.63) is 22.4 Å². The van der Waals surface area contributed by atoms with E-state index >= 15 is 0 Å². The first-order valence-corrected chi connectivity index (χ1v) is 11.4. The van der Waals surface area contributed by atoms with Gasteiger partial charge < -0.3 is 15.1 Å². The summed E-state index contributed by atoms with van der Waals surface area (Å²) in [4.78, 5) is 42.8. The molecule has 0 bridgehead atoms. The summed E-state index contributed by atoms with van der Waals surface area (Å²) >= 11 is 1.47. The molecule has 0 aromatic carbocycles. The lowest BCUT2D eigenvalue weighted by molar-refractivity contribution is -0.139. The minimum atomic E-state index is -0.440. The van der Waals surface area contributed by atoms with Gasteiger partial charge in [0.2, 0.25) is 11.8 Å². The summed E-state index contributed by atoms with van der Waals surface area (Å²) in [5, 5.41) is 5.00. The van der Waals surface area contributed by atoms with Crippen molar-refractivity contribution in [1.29, 1.82) is 0 Å². The molecule has 0 radical (unpaired) electrons. The van der Waals surface area contributed by atoms with Crippen molar-refractivity contribution >= 4 is 29.1 Å². The Morgan fingerprint density at radius 1 is 0.964 bits per heavy atom. The zero-order valence-electron chi connectivity index (χ0n) is 16.3. The molecule has 2 saturated heterocycles. The average Bonchev–Trinajstić information content (AvgIpc) is 3.46. The highest BCUT2D eigenvalue weighted by Crippen LogP contribution is 2.31. The third-order valence-electron chi connectivity index (χ3n) is 6.21. The Morgan fingerprint density at radius 3 is 2.29 bits per heavy atom. The van der Waals surface area contributed by atoms with Crippen molar-refractivity contribution in [2.24, 2.45) is 11.8 Å². The molecule has 2 aliphatic heterocycles. The fourth-order valence-electron chi connectivity index (χ4n) is 4.30. The van der Waals surface area contributed by atoms with Gasteiger partial charge in [0.15, 0.2) is 0 Å². The Morgan fingerprint density at radius 2 is 1.68 bits per heavy atom. The molecule has 0 spiro atoms. The largest absolute Gasteiger partial charge is 0.344 e. The second-order valence-corrected chi connectivity index (χ2v) is 9.20. The normalized spacial score (nSPS) is 22.0. The number of hydrogen-bond acceptors (Lipinski definition) is 4. The summed E-state index contributed by atoms with van der Waals surface area (Å²) in [6, 6.07) is 3.31. The maximum Gasteiger partial charge on any atom is 0.263 e. The van der Waals surface area contributed by atoms with Crippen LogP contribution in [0.4, 0.5) is 0 Å². The fraction of sp³-hybridized carbons (Fsp3) is 0.667. The molecular formula is C21H29N3O3S. The zero-order valence-corrected chi connectivity index (χ0v) is 17.1. The van der Waals surface area contributed by atoms with Gasteiger partial charge in [-0.2, -0.15) is 0 Å². The third kappa shape index (κ3) is 4.40. The van der Waals surface area contributed by atoms with E-state index in [1.807, 2.05) is 27.3 Å². The quantitative estimate of drug-likeness (QED) is 0.821. The minimum Gasteiger partial charge on any atom is -0.344 e. The highest BCUT2D eigenvalue weighted by atomic mass is 32.1. The van der Waals surface area contributed by atoms with Crippen LogP contribution in [0.3, 0.4) is 0 Å². The van der Waals surface area contributed by atoms with Gasteiger partial charge >= 0.3 is 0 Å². The van der Waals surface area contributed by atoms with E-state index in [1.54, 1.807) is 0 Å². The summed E-state index contributed by atoms with van der Waals surface area (Å²) < 4.78 is 0. The van der Waals surface area contributed by atoms with Gasteiger partial charge in [0, 0.05) is 32.1 Å². The number of carbonyl (C=O) groups is 3. The van der Waals surface area contributed by atoms with Gasteiger partial charge in [0.1, 0.15) is 6.04 Å². The van der Waals surface area contributed by atoms with Crippen molar-refractivity contribution in [1.82, 2.24) is 15.1 Å². The Kier molecular flexibility index (Phi) is 5.99. The van der Waals surface area contributed by atoms with E-state index < -0.39 is 6.04 Å². The number of piperidine rings is 2. The van der Waals surface area contributed by atoms with Crippen LogP contribution in [0, 0.1) is 11.8 Å². The number of rotatable bonds is 5. The topological polar surface area (TPSA) is 69.7 Å². The molecule has 7 heteroatoms. The van der Waals surface area contributed by atoms with E-state index in [9.17, 15) is 14.4 Å². The highest BCUT2D eigenvalue weighted by Gasteiger charge is 2.39. The standard InChI is InChI=1S/C21H29N3O3S/c25-19(16-6-7-16)22-18(21(27)23-10-2-1-3-11-23)15-8-12-24(13-9-15)20(26)17-5-4-14-28-17/h4-5,14-16,18H,1-3,6-13H2,(H,22,25)/t18-/m1/s1. The van der Waals surface area contributed by atoms with Gasteiger partial charge in [-0.15, -0.1) is 11.3 Å². The molecule has 0 unspecified atom stereocenters. The van der Waals surface area contributed by atoms with Gasteiger partial charge in [0.05, 0.1) is 4.88 Å². The summed E-state index contributed by atoms with van der Waals surface area (Å²) in [5.41, 5.74) is 0. The highest BCUT2D eigenvalue weighted by molar-refractivity contribution is 7.12. The smallest absolute Gasteiger partial charge is 0.263 e. The van der Waals surface area contributed by atoms with Crippen LogP contribution in [0.1, 0.15) is 54.6 Å². The van der Waals surface area contributed by atoms with Gasteiger partial charge in [-0.25, -0.2) is 0 Å². The van der Waals surface area contributed by atoms with E-state index in [2.05, 4.69) is 5.32 Å². The number of carbonyl (C=O) groups excluding carboxylic acids is 3. The first-order chi connectivity index (χ1) is 13.6. The lowest BCUT2D eigenvalue weighted by Crippen LogP contribution is -2.55. The predicted molar refractivity (Wildman–Crippen MR) is 108 cm³/mol. The van der Waals surface area contributed by atoms with Crippen molar-refractivity contribution < 1.29 is 14.4 Å². The van der Waals surface area contributed by atoms with E-state index in [0.717, 1.165) is 56.5 Å². The van der Waals surface area contributed by atoms with Crippen LogP contribution in [0.5, 0.6) is 0 Å². The lowest BCUT2D eigenvalue weighted by atomic mass is 9.87. The molecule has 3 aliphatic rings. The molecule has 1 aromatic heterocycles. The number of nitrogens with zero attached hydrogens (tertiary/aromatic N) is 2. The summed E-state index contributed by atoms with van der Waals surface area (Å²) in [5.74, 6) is 0.389. The van der Waals surface area contributed by atoms with Gasteiger partial charge in [0.25, 0.3) is 5.91 Å². The first kappa shape index (κ1) is 19.4. The summed E-state index contributed by atoms with van der Waals surface area (Å²) in [6.45, 7) is 2.88.